The van der Waals surface area contributed by atoms with Crippen LogP contribution in [-0.2, 0) is 10.0 Å². The zero-order valence-corrected chi connectivity index (χ0v) is 19.2. The molecule has 29 heavy (non-hydrogen) atoms. The number of likely N-dealkylation sites (tertiary alicyclic amines) is 1. The van der Waals surface area contributed by atoms with Crippen LogP contribution in [0.3, 0.4) is 0 Å². The van der Waals surface area contributed by atoms with Crippen molar-refractivity contribution >= 4 is 34.8 Å². The average molecular weight is 469 g/mol. The van der Waals surface area contributed by atoms with E-state index in [0.29, 0.717) is 31.0 Å². The number of benzene rings is 1. The average Bonchev–Trinajstić information content (AvgIpc) is 2.67. The molecule has 2 saturated heterocycles. The molecule has 5 nitrogen and oxygen atoms in total. The molecule has 3 fully saturated rings. The Bertz CT molecular complexity index is 776. The number of methoxy groups -OCH3 is 1. The van der Waals surface area contributed by atoms with Gasteiger partial charge in [0.1, 0.15) is 16.5 Å². The Morgan fingerprint density at radius 2 is 1.62 bits per heavy atom. The molecule has 1 aromatic rings. The quantitative estimate of drug-likeness (QED) is 0.670. The Balaban J connectivity index is 0.00000150. The van der Waals surface area contributed by atoms with E-state index in [4.69, 9.17) is 4.74 Å². The molecule has 0 spiro atoms. The molecule has 4 rings (SSSR count). The lowest BCUT2D eigenvalue weighted by Gasteiger charge is -2.52. The van der Waals surface area contributed by atoms with Gasteiger partial charge in [-0.1, -0.05) is 12.8 Å². The molecule has 1 aliphatic carbocycles. The van der Waals surface area contributed by atoms with Crippen LogP contribution in [0.4, 0.5) is 4.39 Å². The summed E-state index contributed by atoms with van der Waals surface area (Å²) in [6.07, 6.45) is 7.13. The van der Waals surface area contributed by atoms with E-state index in [9.17, 15) is 12.8 Å². The molecule has 0 N–H and O–H groups in total. The Morgan fingerprint density at radius 1 is 1.00 bits per heavy atom. The van der Waals surface area contributed by atoms with Crippen molar-refractivity contribution in [2.75, 3.05) is 33.3 Å². The third kappa shape index (κ3) is 4.85. The van der Waals surface area contributed by atoms with Gasteiger partial charge in [0.05, 0.1) is 7.11 Å². The Morgan fingerprint density at radius 3 is 2.21 bits per heavy atom. The largest absolute Gasteiger partial charge is 0.495 e. The lowest BCUT2D eigenvalue weighted by molar-refractivity contribution is -0.00314. The number of halogens is 3. The molecule has 2 bridgehead atoms. The van der Waals surface area contributed by atoms with Crippen molar-refractivity contribution in [3.05, 3.63) is 24.0 Å². The summed E-state index contributed by atoms with van der Waals surface area (Å²) in [7, 11) is -2.35. The lowest BCUT2D eigenvalue weighted by Crippen LogP contribution is -2.59. The highest BCUT2D eigenvalue weighted by Crippen LogP contribution is 2.41. The number of sulfonamides is 1. The van der Waals surface area contributed by atoms with Crippen LogP contribution >= 0.6 is 24.8 Å². The van der Waals surface area contributed by atoms with Crippen LogP contribution in [0.5, 0.6) is 5.75 Å². The van der Waals surface area contributed by atoms with E-state index in [0.717, 1.165) is 32.0 Å². The lowest BCUT2D eigenvalue weighted by atomic mass is 9.73. The number of hydrogen-bond acceptors (Lipinski definition) is 4. The number of fused-ring (bicyclic) bond motifs is 2. The summed E-state index contributed by atoms with van der Waals surface area (Å²) in [6.45, 7) is 3.34. The fraction of sp³-hybridized carbons (Fsp3) is 0.700. The van der Waals surface area contributed by atoms with Crippen molar-refractivity contribution in [3.63, 3.8) is 0 Å². The predicted octanol–water partition coefficient (Wildman–Crippen LogP) is 3.95. The second-order valence-electron chi connectivity index (χ2n) is 8.16. The molecule has 0 aromatic heterocycles. The summed E-state index contributed by atoms with van der Waals surface area (Å²) in [5, 5.41) is 0. The number of piperidine rings is 2. The van der Waals surface area contributed by atoms with Crippen molar-refractivity contribution in [1.29, 1.82) is 0 Å². The number of rotatable bonds is 4. The molecule has 9 heteroatoms. The second-order valence-corrected chi connectivity index (χ2v) is 10.1. The van der Waals surface area contributed by atoms with Gasteiger partial charge in [-0.2, -0.15) is 4.31 Å². The van der Waals surface area contributed by atoms with Gasteiger partial charge in [0.25, 0.3) is 0 Å². The normalized spacial score (nSPS) is 28.1. The molecule has 1 saturated carbocycles. The van der Waals surface area contributed by atoms with E-state index in [1.165, 1.54) is 44.9 Å². The molecular formula is C20H31Cl2FN2O3S. The summed E-state index contributed by atoms with van der Waals surface area (Å²) in [6, 6.07) is 4.21. The Hall–Kier alpha value is -0.600. The van der Waals surface area contributed by atoms with Crippen molar-refractivity contribution < 1.29 is 17.5 Å². The molecule has 2 unspecified atom stereocenters. The predicted molar refractivity (Wildman–Crippen MR) is 116 cm³/mol. The molecule has 0 radical (unpaired) electrons. The van der Waals surface area contributed by atoms with Gasteiger partial charge in [-0.05, 0) is 68.8 Å². The van der Waals surface area contributed by atoms with Crippen LogP contribution in [0.2, 0.25) is 0 Å². The number of ether oxygens (including phenoxy) is 1. The maximum Gasteiger partial charge on any atom is 0.246 e. The third-order valence-electron chi connectivity index (χ3n) is 6.55. The summed E-state index contributed by atoms with van der Waals surface area (Å²) < 4.78 is 47.2. The van der Waals surface area contributed by atoms with Gasteiger partial charge in [-0.3, -0.25) is 4.90 Å². The molecule has 1 aromatic carbocycles. The van der Waals surface area contributed by atoms with Gasteiger partial charge in [0, 0.05) is 19.1 Å². The van der Waals surface area contributed by atoms with Crippen LogP contribution in [-0.4, -0.2) is 57.0 Å². The van der Waals surface area contributed by atoms with Crippen LogP contribution < -0.4 is 4.74 Å². The van der Waals surface area contributed by atoms with Gasteiger partial charge >= 0.3 is 0 Å². The van der Waals surface area contributed by atoms with Crippen molar-refractivity contribution in [1.82, 2.24) is 9.21 Å². The zero-order chi connectivity index (χ0) is 19.0. The first-order valence-corrected chi connectivity index (χ1v) is 11.5. The maximum atomic E-state index is 13.8. The van der Waals surface area contributed by atoms with Gasteiger partial charge in [0.15, 0.2) is 0 Å². The minimum atomic E-state index is -3.77. The van der Waals surface area contributed by atoms with Crippen molar-refractivity contribution in [3.8, 4) is 5.75 Å². The maximum absolute atomic E-state index is 13.8. The van der Waals surface area contributed by atoms with E-state index in [-0.39, 0.29) is 35.5 Å². The number of nitrogens with zero attached hydrogens (tertiary/aromatic N) is 2. The first kappa shape index (κ1) is 24.7. The van der Waals surface area contributed by atoms with Crippen LogP contribution in [0.25, 0.3) is 0 Å². The van der Waals surface area contributed by atoms with E-state index < -0.39 is 15.8 Å². The van der Waals surface area contributed by atoms with Gasteiger partial charge in [-0.25, -0.2) is 12.8 Å². The molecule has 2 heterocycles. The Labute approximate surface area is 185 Å². The van der Waals surface area contributed by atoms with Crippen LogP contribution in [0.15, 0.2) is 23.1 Å². The Kier molecular flexibility index (Phi) is 8.62. The number of hydrogen-bond donors (Lipinski definition) is 0. The fourth-order valence-corrected chi connectivity index (χ4v) is 7.09. The highest BCUT2D eigenvalue weighted by atomic mass is 35.5. The summed E-state index contributed by atoms with van der Waals surface area (Å²) in [5.74, 6) is 0.382. The van der Waals surface area contributed by atoms with Gasteiger partial charge < -0.3 is 4.74 Å². The minimum Gasteiger partial charge on any atom is -0.495 e. The van der Waals surface area contributed by atoms with E-state index in [2.05, 4.69) is 4.90 Å². The highest BCUT2D eigenvalue weighted by molar-refractivity contribution is 7.89. The van der Waals surface area contributed by atoms with Crippen molar-refractivity contribution in [2.45, 2.75) is 49.5 Å². The second kappa shape index (κ2) is 10.1. The van der Waals surface area contributed by atoms with Crippen LogP contribution in [0.1, 0.15) is 38.5 Å². The summed E-state index contributed by atoms with van der Waals surface area (Å²) in [5.41, 5.74) is 0. The standard InChI is InChI=1S/C20H29FN2O3S.2ClH/c1-26-18-9-8-17(21)12-19(18)27(24,25)23-13-15-6-5-7-16(14-23)20(15)22-10-3-2-4-11-22;;/h8-9,12,15-16,20H,2-7,10-11,13-14H2,1H3;2*1H. The molecular weight excluding hydrogens is 438 g/mol. The minimum absolute atomic E-state index is 0. The van der Waals surface area contributed by atoms with Gasteiger partial charge in [0.2, 0.25) is 10.0 Å². The summed E-state index contributed by atoms with van der Waals surface area (Å²) in [4.78, 5) is 2.56. The zero-order valence-electron chi connectivity index (χ0n) is 16.8. The molecule has 2 aliphatic heterocycles. The molecule has 166 valence electrons. The highest BCUT2D eigenvalue weighted by Gasteiger charge is 2.46. The monoisotopic (exact) mass is 468 g/mol. The molecule has 0 amide bonds. The van der Waals surface area contributed by atoms with E-state index >= 15 is 0 Å². The van der Waals surface area contributed by atoms with Gasteiger partial charge in [-0.15, -0.1) is 24.8 Å². The fourth-order valence-electron chi connectivity index (χ4n) is 5.37. The van der Waals surface area contributed by atoms with E-state index in [1.807, 2.05) is 0 Å². The third-order valence-corrected chi connectivity index (χ3v) is 8.40. The first-order chi connectivity index (χ1) is 13.0. The summed E-state index contributed by atoms with van der Waals surface area (Å²) >= 11 is 0. The topological polar surface area (TPSA) is 49.9 Å². The SMILES string of the molecule is COc1ccc(F)cc1S(=O)(=O)N1CC2CCCC(C1)C2N1CCCCC1.Cl.Cl. The van der Waals surface area contributed by atoms with Crippen LogP contribution in [0, 0.1) is 17.7 Å². The van der Waals surface area contributed by atoms with E-state index in [1.54, 1.807) is 4.31 Å². The smallest absolute Gasteiger partial charge is 0.246 e. The molecule has 2 atom stereocenters. The molecule has 3 aliphatic rings. The van der Waals surface area contributed by atoms with Crippen molar-refractivity contribution in [2.24, 2.45) is 11.8 Å². The first-order valence-electron chi connectivity index (χ1n) is 10.1.